The van der Waals surface area contributed by atoms with Crippen LogP contribution in [0.1, 0.15) is 10.4 Å². The molecule has 0 spiro atoms. The first kappa shape index (κ1) is 36.0. The molecular weight excluding hydrogens is 762 g/mol. The highest BCUT2D eigenvalue weighted by molar-refractivity contribution is 7.39. The lowest BCUT2D eigenvalue weighted by Crippen LogP contribution is -1.99. The number of hydrogen-bond donors (Lipinski definition) is 4. The van der Waals surface area contributed by atoms with Crippen LogP contribution in [0.15, 0.2) is 140 Å². The number of carboxylic acid groups (broad SMARTS) is 1. The molecule has 0 fully saturated rings. The Kier molecular flexibility index (Phi) is 9.34. The topological polar surface area (TPSA) is 185 Å². The lowest BCUT2D eigenvalue weighted by molar-refractivity contribution is 0.0697. The van der Waals surface area contributed by atoms with Crippen molar-refractivity contribution in [2.24, 2.45) is 0 Å². The molecule has 1 unspecified atom stereocenters. The molecule has 5 aromatic carbocycles. The van der Waals surface area contributed by atoms with Crippen LogP contribution in [0.3, 0.4) is 0 Å². The number of nitrogens with zero attached hydrogens (tertiary/aromatic N) is 4. The van der Waals surface area contributed by atoms with Gasteiger partial charge in [0, 0.05) is 43.8 Å². The van der Waals surface area contributed by atoms with Crippen molar-refractivity contribution in [3.8, 4) is 56.5 Å². The van der Waals surface area contributed by atoms with E-state index in [9.17, 15) is 29.1 Å². The van der Waals surface area contributed by atoms with Gasteiger partial charge < -0.3 is 28.8 Å². The summed E-state index contributed by atoms with van der Waals surface area (Å²) in [5.74, 6) is -0.556. The molecule has 0 aliphatic heterocycles. The Morgan fingerprint density at radius 3 is 1.30 bits per heavy atom. The van der Waals surface area contributed by atoms with Gasteiger partial charge in [-0.25, -0.2) is 29.3 Å². The van der Waals surface area contributed by atoms with Crippen LogP contribution in [0.2, 0.25) is 0 Å². The highest BCUT2D eigenvalue weighted by Gasteiger charge is 2.16. The zero-order chi connectivity index (χ0) is 39.2. The zero-order valence-corrected chi connectivity index (χ0v) is 31.3. The first-order chi connectivity index (χ1) is 27.6. The van der Waals surface area contributed by atoms with E-state index in [1.807, 2.05) is 91.0 Å². The fourth-order valence-corrected chi connectivity index (χ4v) is 7.48. The van der Waals surface area contributed by atoms with E-state index < -0.39 is 22.8 Å². The third-order valence-corrected chi connectivity index (χ3v) is 10.2. The highest BCUT2D eigenvalue weighted by atomic mass is 31.2. The lowest BCUT2D eigenvalue weighted by Gasteiger charge is -2.12. The minimum Gasteiger partial charge on any atom is -0.478 e. The Morgan fingerprint density at radius 1 is 0.509 bits per heavy atom. The van der Waals surface area contributed by atoms with Crippen molar-refractivity contribution in [1.82, 2.24) is 19.9 Å². The summed E-state index contributed by atoms with van der Waals surface area (Å²) in [6, 6.07) is 41.7. The second-order valence-electron chi connectivity index (χ2n) is 13.1. The van der Waals surface area contributed by atoms with E-state index >= 15 is 0 Å². The summed E-state index contributed by atoms with van der Waals surface area (Å²) in [6.45, 7) is 0. The Labute approximate surface area is 325 Å². The SMILES string of the molecule is O=C(O)c1cc(-c2ccc3ccc4ccc(-c5cccc(OP(O)O)c5)nc4c3n2)cc(-c2ccc3ccc4ccc(-c5cccc(O[PH](=O)O)c5)nc4c3n2)c1. The van der Waals surface area contributed by atoms with Gasteiger partial charge in [-0.2, -0.15) is 0 Å². The molecule has 4 heterocycles. The molecule has 9 rings (SSSR count). The molecule has 4 aromatic heterocycles. The molecule has 0 saturated carbocycles. The number of aromatic carboxylic acids is 1. The van der Waals surface area contributed by atoms with Gasteiger partial charge in [-0.1, -0.05) is 72.8 Å². The first-order valence-corrected chi connectivity index (χ1v) is 19.9. The fraction of sp³-hybridized carbons (Fsp3) is 0. The average Bonchev–Trinajstić information content (AvgIpc) is 3.22. The molecular formula is C43H28N4O8P2. The van der Waals surface area contributed by atoms with Crippen molar-refractivity contribution in [2.75, 3.05) is 0 Å². The van der Waals surface area contributed by atoms with E-state index in [2.05, 4.69) is 0 Å². The maximum absolute atomic E-state index is 12.5. The number of rotatable bonds is 9. The number of hydrogen-bond acceptors (Lipinski definition) is 10. The Balaban J connectivity index is 1.14. The zero-order valence-electron chi connectivity index (χ0n) is 29.4. The van der Waals surface area contributed by atoms with Crippen molar-refractivity contribution in [3.63, 3.8) is 0 Å². The second-order valence-corrected chi connectivity index (χ2v) is 14.5. The first-order valence-electron chi connectivity index (χ1n) is 17.4. The molecule has 0 aliphatic rings. The number of carbonyl (C=O) groups is 1. The second kappa shape index (κ2) is 14.8. The molecule has 12 nitrogen and oxygen atoms in total. The van der Waals surface area contributed by atoms with Crippen LogP contribution in [0.25, 0.3) is 88.6 Å². The van der Waals surface area contributed by atoms with Gasteiger partial charge in [0.25, 0.3) is 0 Å². The van der Waals surface area contributed by atoms with Crippen molar-refractivity contribution in [1.29, 1.82) is 0 Å². The standard InChI is InChI=1S/C43H28N4O8P2/c48-43(49)32-20-30(37-17-13-26-9-7-24-11-15-35(44-39(24)41(26)46-37)28-3-1-5-33(22-28)54-56(50)51)19-31(21-32)38-18-14-27-10-8-25-12-16-36(45-40(25)42(27)47-38)29-4-2-6-34(23-29)55-57(52)53/h1-23,50-51,57H,(H,48,49)(H,52,53). The number of benzene rings is 5. The van der Waals surface area contributed by atoms with Crippen molar-refractivity contribution in [3.05, 3.63) is 145 Å². The molecule has 278 valence electrons. The minimum atomic E-state index is -3.18. The van der Waals surface area contributed by atoms with Crippen LogP contribution in [0.5, 0.6) is 11.5 Å². The normalized spacial score (nSPS) is 12.1. The summed E-state index contributed by atoms with van der Waals surface area (Å²) < 4.78 is 21.5. The van der Waals surface area contributed by atoms with Crippen LogP contribution >= 0.6 is 16.9 Å². The maximum Gasteiger partial charge on any atom is 0.391 e. The largest absolute Gasteiger partial charge is 0.478 e. The van der Waals surface area contributed by atoms with Crippen LogP contribution < -0.4 is 9.05 Å². The highest BCUT2D eigenvalue weighted by Crippen LogP contribution is 2.36. The number of pyridine rings is 4. The third kappa shape index (κ3) is 7.27. The number of carboxylic acids is 1. The van der Waals surface area contributed by atoms with E-state index in [1.165, 1.54) is 0 Å². The van der Waals surface area contributed by atoms with Gasteiger partial charge in [0.2, 0.25) is 0 Å². The number of aromatic nitrogens is 4. The van der Waals surface area contributed by atoms with Gasteiger partial charge >= 0.3 is 22.8 Å². The van der Waals surface area contributed by atoms with Gasteiger partial charge in [0.15, 0.2) is 0 Å². The summed E-state index contributed by atoms with van der Waals surface area (Å²) in [6.07, 6.45) is 0. The molecule has 4 N–H and O–H groups in total. The molecule has 14 heteroatoms. The third-order valence-electron chi connectivity index (χ3n) is 9.46. The van der Waals surface area contributed by atoms with E-state index in [-0.39, 0.29) is 11.3 Å². The number of fused-ring (bicyclic) bond motifs is 6. The Morgan fingerprint density at radius 2 is 0.895 bits per heavy atom. The molecule has 0 radical (unpaired) electrons. The smallest absolute Gasteiger partial charge is 0.391 e. The quantitative estimate of drug-likeness (QED) is 0.0803. The summed E-state index contributed by atoms with van der Waals surface area (Å²) in [7, 11) is -5.76. The van der Waals surface area contributed by atoms with E-state index in [1.54, 1.807) is 48.5 Å². The molecule has 0 amide bonds. The Bertz CT molecular complexity index is 3110. The van der Waals surface area contributed by atoms with Gasteiger partial charge in [0.1, 0.15) is 11.5 Å². The minimum absolute atomic E-state index is 0.0621. The van der Waals surface area contributed by atoms with Crippen molar-refractivity contribution in [2.45, 2.75) is 0 Å². The molecule has 0 bridgehead atoms. The van der Waals surface area contributed by atoms with E-state index in [4.69, 9.17) is 29.0 Å². The predicted molar refractivity (Wildman–Crippen MR) is 220 cm³/mol. The maximum atomic E-state index is 12.5. The van der Waals surface area contributed by atoms with Gasteiger partial charge in [-0.15, -0.1) is 0 Å². The summed E-state index contributed by atoms with van der Waals surface area (Å²) in [4.78, 5) is 60.5. The fourth-order valence-electron chi connectivity index (χ4n) is 6.85. The Hall–Kier alpha value is -6.65. The van der Waals surface area contributed by atoms with E-state index in [0.29, 0.717) is 72.8 Å². The van der Waals surface area contributed by atoms with Gasteiger partial charge in [-0.3, -0.25) is 0 Å². The summed E-state index contributed by atoms with van der Waals surface area (Å²) >= 11 is 0. The molecule has 0 aliphatic carbocycles. The van der Waals surface area contributed by atoms with Crippen LogP contribution in [-0.2, 0) is 4.57 Å². The van der Waals surface area contributed by atoms with Crippen molar-refractivity contribution < 1.29 is 38.2 Å². The predicted octanol–water partition coefficient (Wildman–Crippen LogP) is 9.60. The molecule has 0 saturated heterocycles. The molecule has 1 atom stereocenters. The summed E-state index contributed by atoms with van der Waals surface area (Å²) in [5, 5.41) is 13.6. The van der Waals surface area contributed by atoms with Crippen molar-refractivity contribution >= 4 is 66.4 Å². The van der Waals surface area contributed by atoms with Gasteiger partial charge in [-0.05, 0) is 66.7 Å². The van der Waals surface area contributed by atoms with Crippen LogP contribution in [0.4, 0.5) is 0 Å². The molecule has 9 aromatic rings. The monoisotopic (exact) mass is 790 g/mol. The lowest BCUT2D eigenvalue weighted by atomic mass is 9.99. The van der Waals surface area contributed by atoms with Gasteiger partial charge in [0.05, 0.1) is 50.4 Å². The van der Waals surface area contributed by atoms with Crippen LogP contribution in [0, 0.1) is 0 Å². The average molecular weight is 791 g/mol. The van der Waals surface area contributed by atoms with E-state index in [0.717, 1.165) is 21.5 Å². The van der Waals surface area contributed by atoms with Crippen LogP contribution in [-0.4, -0.2) is 45.7 Å². The molecule has 57 heavy (non-hydrogen) atoms. The summed E-state index contributed by atoms with van der Waals surface area (Å²) in [5.41, 5.74) is 7.42.